The second-order valence-electron chi connectivity index (χ2n) is 6.27. The van der Waals surface area contributed by atoms with Gasteiger partial charge in [0.15, 0.2) is 0 Å². The highest BCUT2D eigenvalue weighted by molar-refractivity contribution is 7.92. The topological polar surface area (TPSA) is 111 Å². The van der Waals surface area contributed by atoms with Crippen molar-refractivity contribution in [2.75, 3.05) is 43.2 Å². The normalized spacial score (nSPS) is 10.9. The fourth-order valence-electron chi connectivity index (χ4n) is 2.65. The number of methoxy groups -OCH3 is 2. The van der Waals surface area contributed by atoms with E-state index in [9.17, 15) is 18.0 Å². The number of hydrogen-bond donors (Lipinski definition) is 1. The lowest BCUT2D eigenvalue weighted by Crippen LogP contribution is -2.37. The van der Waals surface area contributed by atoms with Crippen LogP contribution in [0.25, 0.3) is 0 Å². The predicted molar refractivity (Wildman–Crippen MR) is 118 cm³/mol. The molecule has 2 rings (SSSR count). The van der Waals surface area contributed by atoms with E-state index in [1.54, 1.807) is 13.0 Å². The molecule has 2 aromatic rings. The van der Waals surface area contributed by atoms with Gasteiger partial charge < -0.3 is 19.5 Å². The minimum atomic E-state index is -3.85. The first-order valence-electron chi connectivity index (χ1n) is 9.07. The van der Waals surface area contributed by atoms with Crippen LogP contribution in [0.1, 0.15) is 17.3 Å². The van der Waals surface area contributed by atoms with Crippen molar-refractivity contribution in [1.29, 1.82) is 0 Å². The van der Waals surface area contributed by atoms with Crippen LogP contribution in [0.4, 0.5) is 11.4 Å². The lowest BCUT2D eigenvalue weighted by molar-refractivity contribution is -0.114. The molecule has 9 nitrogen and oxygen atoms in total. The van der Waals surface area contributed by atoms with E-state index in [-0.39, 0.29) is 34.3 Å². The molecular formula is C20H23ClN2O7S. The third-order valence-corrected chi connectivity index (χ3v) is 5.54. The standard InChI is InChI=1S/C20H23ClN2O7S/c1-5-30-20(25)13-6-8-16(15(21)10-13)22-19(24)12-23(31(4,26)27)17-11-14(28-2)7-9-18(17)29-3/h6-11H,5,12H2,1-4H3,(H,22,24). The van der Waals surface area contributed by atoms with Crippen LogP contribution < -0.4 is 19.1 Å². The van der Waals surface area contributed by atoms with Crippen molar-refractivity contribution in [3.8, 4) is 11.5 Å². The number of benzene rings is 2. The van der Waals surface area contributed by atoms with E-state index in [1.165, 1.54) is 44.6 Å². The van der Waals surface area contributed by atoms with Crippen LogP contribution in [0.3, 0.4) is 0 Å². The van der Waals surface area contributed by atoms with Gasteiger partial charge in [0.05, 0.1) is 49.0 Å². The van der Waals surface area contributed by atoms with E-state index in [2.05, 4.69) is 5.32 Å². The van der Waals surface area contributed by atoms with Gasteiger partial charge in [-0.15, -0.1) is 0 Å². The van der Waals surface area contributed by atoms with Crippen LogP contribution in [0.5, 0.6) is 11.5 Å². The Labute approximate surface area is 185 Å². The van der Waals surface area contributed by atoms with Gasteiger partial charge in [0.25, 0.3) is 0 Å². The summed E-state index contributed by atoms with van der Waals surface area (Å²) in [5.41, 5.74) is 0.581. The van der Waals surface area contributed by atoms with Gasteiger partial charge in [-0.05, 0) is 37.3 Å². The van der Waals surface area contributed by atoms with Crippen molar-refractivity contribution in [3.63, 3.8) is 0 Å². The Balaban J connectivity index is 2.28. The summed E-state index contributed by atoms with van der Waals surface area (Å²) in [7, 11) is -1.03. The average Bonchev–Trinajstić information content (AvgIpc) is 2.72. The molecule has 2 aromatic carbocycles. The number of esters is 1. The summed E-state index contributed by atoms with van der Waals surface area (Å²) in [5, 5.41) is 2.65. The van der Waals surface area contributed by atoms with Gasteiger partial charge in [-0.1, -0.05) is 11.6 Å². The van der Waals surface area contributed by atoms with E-state index in [0.29, 0.717) is 5.75 Å². The minimum absolute atomic E-state index is 0.101. The van der Waals surface area contributed by atoms with Crippen LogP contribution >= 0.6 is 11.6 Å². The molecule has 0 atom stereocenters. The third-order valence-electron chi connectivity index (χ3n) is 4.10. The van der Waals surface area contributed by atoms with E-state index < -0.39 is 28.4 Å². The van der Waals surface area contributed by atoms with E-state index in [4.69, 9.17) is 25.8 Å². The lowest BCUT2D eigenvalue weighted by Gasteiger charge is -2.24. The second kappa shape index (κ2) is 10.4. The van der Waals surface area contributed by atoms with E-state index in [0.717, 1.165) is 10.6 Å². The molecule has 0 aliphatic carbocycles. The fourth-order valence-corrected chi connectivity index (χ4v) is 3.73. The molecule has 0 spiro atoms. The number of halogens is 1. The number of nitrogens with zero attached hydrogens (tertiary/aromatic N) is 1. The molecule has 0 saturated carbocycles. The monoisotopic (exact) mass is 470 g/mol. The summed E-state index contributed by atoms with van der Waals surface area (Å²) < 4.78 is 41.0. The molecular weight excluding hydrogens is 448 g/mol. The maximum atomic E-state index is 12.6. The number of nitrogens with one attached hydrogen (secondary N) is 1. The highest BCUT2D eigenvalue weighted by Crippen LogP contribution is 2.34. The summed E-state index contributed by atoms with van der Waals surface area (Å²) in [5.74, 6) is -0.560. The SMILES string of the molecule is CCOC(=O)c1ccc(NC(=O)CN(c2cc(OC)ccc2OC)S(C)(=O)=O)c(Cl)c1. The van der Waals surface area contributed by atoms with Crippen molar-refractivity contribution in [1.82, 2.24) is 0 Å². The van der Waals surface area contributed by atoms with Crippen molar-refractivity contribution in [2.45, 2.75) is 6.92 Å². The van der Waals surface area contributed by atoms with Gasteiger partial charge in [-0.25, -0.2) is 13.2 Å². The van der Waals surface area contributed by atoms with Crippen molar-refractivity contribution >= 4 is 44.9 Å². The number of hydrogen-bond acceptors (Lipinski definition) is 7. The zero-order valence-electron chi connectivity index (χ0n) is 17.5. The van der Waals surface area contributed by atoms with Gasteiger partial charge >= 0.3 is 5.97 Å². The first-order valence-corrected chi connectivity index (χ1v) is 11.3. The molecule has 0 saturated heterocycles. The Kier molecular flexibility index (Phi) is 8.12. The quantitative estimate of drug-likeness (QED) is 0.561. The zero-order chi connectivity index (χ0) is 23.2. The summed E-state index contributed by atoms with van der Waals surface area (Å²) >= 11 is 6.16. The molecule has 0 aliphatic rings. The molecule has 0 heterocycles. The highest BCUT2D eigenvalue weighted by Gasteiger charge is 2.25. The maximum Gasteiger partial charge on any atom is 0.338 e. The largest absolute Gasteiger partial charge is 0.497 e. The van der Waals surface area contributed by atoms with Gasteiger partial charge in [-0.3, -0.25) is 9.10 Å². The summed E-state index contributed by atoms with van der Waals surface area (Å²) in [6.07, 6.45) is 0.973. The molecule has 0 aliphatic heterocycles. The van der Waals surface area contributed by atoms with Crippen LogP contribution in [-0.4, -0.2) is 53.9 Å². The third kappa shape index (κ3) is 6.25. The van der Waals surface area contributed by atoms with Crippen LogP contribution in [0, 0.1) is 0 Å². The van der Waals surface area contributed by atoms with Crippen LogP contribution in [-0.2, 0) is 19.6 Å². The molecule has 31 heavy (non-hydrogen) atoms. The molecule has 0 unspecified atom stereocenters. The number of carbonyl (C=O) groups is 2. The number of amides is 1. The summed E-state index contributed by atoms with van der Waals surface area (Å²) in [4.78, 5) is 24.4. The van der Waals surface area contributed by atoms with E-state index >= 15 is 0 Å². The summed E-state index contributed by atoms with van der Waals surface area (Å²) in [6, 6.07) is 8.83. The number of ether oxygens (including phenoxy) is 3. The predicted octanol–water partition coefficient (Wildman–Crippen LogP) is 2.94. The highest BCUT2D eigenvalue weighted by atomic mass is 35.5. The van der Waals surface area contributed by atoms with Gasteiger partial charge in [-0.2, -0.15) is 0 Å². The Morgan fingerprint density at radius 3 is 2.35 bits per heavy atom. The molecule has 168 valence electrons. The number of sulfonamides is 1. The molecule has 1 amide bonds. The molecule has 0 radical (unpaired) electrons. The molecule has 0 fully saturated rings. The molecule has 0 aromatic heterocycles. The maximum absolute atomic E-state index is 12.6. The molecule has 0 bridgehead atoms. The molecule has 1 N–H and O–H groups in total. The Morgan fingerprint density at radius 1 is 1.10 bits per heavy atom. The Morgan fingerprint density at radius 2 is 1.81 bits per heavy atom. The zero-order valence-corrected chi connectivity index (χ0v) is 19.0. The van der Waals surface area contributed by atoms with Crippen molar-refractivity contribution < 1.29 is 32.2 Å². The Bertz CT molecular complexity index is 1070. The first-order chi connectivity index (χ1) is 14.6. The lowest BCUT2D eigenvalue weighted by atomic mass is 10.2. The smallest absolute Gasteiger partial charge is 0.338 e. The van der Waals surface area contributed by atoms with Crippen LogP contribution in [0.15, 0.2) is 36.4 Å². The number of rotatable bonds is 9. The summed E-state index contributed by atoms with van der Waals surface area (Å²) in [6.45, 7) is 1.35. The fraction of sp³-hybridized carbons (Fsp3) is 0.300. The number of carbonyl (C=O) groups excluding carboxylic acids is 2. The number of anilines is 2. The van der Waals surface area contributed by atoms with Crippen molar-refractivity contribution in [3.05, 3.63) is 47.0 Å². The molecule has 11 heteroatoms. The second-order valence-corrected chi connectivity index (χ2v) is 8.58. The van der Waals surface area contributed by atoms with Gasteiger partial charge in [0, 0.05) is 6.07 Å². The first kappa shape index (κ1) is 24.3. The minimum Gasteiger partial charge on any atom is -0.497 e. The van der Waals surface area contributed by atoms with Crippen molar-refractivity contribution in [2.24, 2.45) is 0 Å². The van der Waals surface area contributed by atoms with Gasteiger partial charge in [0.2, 0.25) is 15.9 Å². The Hall–Kier alpha value is -2.98. The van der Waals surface area contributed by atoms with E-state index in [1.807, 2.05) is 0 Å². The van der Waals surface area contributed by atoms with Gasteiger partial charge in [0.1, 0.15) is 18.0 Å². The van der Waals surface area contributed by atoms with Crippen LogP contribution in [0.2, 0.25) is 5.02 Å². The average molecular weight is 471 g/mol.